The number of methoxy groups -OCH3 is 1. The predicted molar refractivity (Wildman–Crippen MR) is 78.4 cm³/mol. The van der Waals surface area contributed by atoms with E-state index in [0.29, 0.717) is 0 Å². The average molecular weight is 266 g/mol. The zero-order valence-corrected chi connectivity index (χ0v) is 11.6. The summed E-state index contributed by atoms with van der Waals surface area (Å²) >= 11 is 6.42. The topological polar surface area (TPSA) is 12.5 Å². The lowest BCUT2D eigenvalue weighted by molar-refractivity contribution is 0.335. The number of benzene rings is 1. The summed E-state index contributed by atoms with van der Waals surface area (Å²) < 4.78 is 5.13. The molecular weight excluding hydrogens is 246 g/mol. The lowest BCUT2D eigenvalue weighted by atomic mass is 10.1. The van der Waals surface area contributed by atoms with Gasteiger partial charge >= 0.3 is 0 Å². The number of rotatable bonds is 8. The highest BCUT2D eigenvalue weighted by molar-refractivity contribution is 6.21. The van der Waals surface area contributed by atoms with E-state index < -0.39 is 0 Å². The molecule has 0 aromatic heterocycles. The maximum atomic E-state index is 6.42. The van der Waals surface area contributed by atoms with Crippen LogP contribution in [0.15, 0.2) is 49.6 Å². The number of nitrogens with zero attached hydrogens (tertiary/aromatic N) is 1. The Hall–Kier alpha value is -1.25. The van der Waals surface area contributed by atoms with Gasteiger partial charge in [0, 0.05) is 19.6 Å². The second-order valence-electron chi connectivity index (χ2n) is 4.04. The van der Waals surface area contributed by atoms with Crippen molar-refractivity contribution in [2.24, 2.45) is 0 Å². The normalized spacial score (nSPS) is 12.2. The van der Waals surface area contributed by atoms with Crippen molar-refractivity contribution in [3.8, 4) is 5.75 Å². The Balaban J connectivity index is 2.63. The van der Waals surface area contributed by atoms with Crippen LogP contribution in [0.25, 0.3) is 0 Å². The fourth-order valence-electron chi connectivity index (χ4n) is 1.73. The minimum absolute atomic E-state index is 0.0455. The van der Waals surface area contributed by atoms with Gasteiger partial charge in [0.2, 0.25) is 0 Å². The molecule has 18 heavy (non-hydrogen) atoms. The van der Waals surface area contributed by atoms with Crippen LogP contribution in [0.1, 0.15) is 10.9 Å². The van der Waals surface area contributed by atoms with Crippen molar-refractivity contribution in [1.82, 2.24) is 4.90 Å². The first-order valence-corrected chi connectivity index (χ1v) is 6.37. The monoisotopic (exact) mass is 265 g/mol. The van der Waals surface area contributed by atoms with Gasteiger partial charge in [-0.05, 0) is 17.7 Å². The highest BCUT2D eigenvalue weighted by atomic mass is 35.5. The zero-order valence-electron chi connectivity index (χ0n) is 10.8. The lowest BCUT2D eigenvalue weighted by Crippen LogP contribution is -2.27. The molecule has 0 aliphatic carbocycles. The number of alkyl halides is 1. The van der Waals surface area contributed by atoms with E-state index in [0.717, 1.165) is 30.9 Å². The molecule has 1 unspecified atom stereocenters. The molecule has 0 saturated heterocycles. The Kier molecular flexibility index (Phi) is 6.55. The van der Waals surface area contributed by atoms with Crippen molar-refractivity contribution in [1.29, 1.82) is 0 Å². The maximum absolute atomic E-state index is 6.42. The quantitative estimate of drug-likeness (QED) is 0.526. The molecule has 1 aromatic carbocycles. The number of ether oxygens (including phenoxy) is 1. The van der Waals surface area contributed by atoms with Crippen molar-refractivity contribution in [3.05, 3.63) is 55.1 Å². The third-order valence-corrected chi connectivity index (χ3v) is 3.06. The third-order valence-electron chi connectivity index (χ3n) is 2.67. The van der Waals surface area contributed by atoms with Crippen molar-refractivity contribution in [3.63, 3.8) is 0 Å². The van der Waals surface area contributed by atoms with Gasteiger partial charge in [0.15, 0.2) is 0 Å². The van der Waals surface area contributed by atoms with Crippen LogP contribution >= 0.6 is 11.6 Å². The first-order valence-electron chi connectivity index (χ1n) is 5.93. The van der Waals surface area contributed by atoms with Gasteiger partial charge in [0.05, 0.1) is 12.5 Å². The highest BCUT2D eigenvalue weighted by Gasteiger charge is 2.12. The molecule has 0 saturated carbocycles. The van der Waals surface area contributed by atoms with Gasteiger partial charge in [-0.1, -0.05) is 24.3 Å². The Morgan fingerprint density at radius 3 is 2.22 bits per heavy atom. The summed E-state index contributed by atoms with van der Waals surface area (Å²) in [4.78, 5) is 2.20. The van der Waals surface area contributed by atoms with Gasteiger partial charge in [-0.2, -0.15) is 0 Å². The van der Waals surface area contributed by atoms with E-state index >= 15 is 0 Å². The molecule has 0 radical (unpaired) electrons. The average Bonchev–Trinajstić information content (AvgIpc) is 2.39. The Labute approximate surface area is 115 Å². The number of halogens is 1. The Morgan fingerprint density at radius 1 is 1.22 bits per heavy atom. The Bertz CT molecular complexity index is 365. The van der Waals surface area contributed by atoms with E-state index in [1.54, 1.807) is 7.11 Å². The highest BCUT2D eigenvalue weighted by Crippen LogP contribution is 2.23. The van der Waals surface area contributed by atoms with Gasteiger partial charge in [-0.15, -0.1) is 24.8 Å². The van der Waals surface area contributed by atoms with Crippen LogP contribution in [0.4, 0.5) is 0 Å². The van der Waals surface area contributed by atoms with Crippen LogP contribution in [-0.2, 0) is 0 Å². The number of hydrogen-bond acceptors (Lipinski definition) is 2. The summed E-state index contributed by atoms with van der Waals surface area (Å²) in [6.45, 7) is 9.89. The van der Waals surface area contributed by atoms with E-state index in [4.69, 9.17) is 16.3 Å². The lowest BCUT2D eigenvalue weighted by Gasteiger charge is -2.22. The number of hydrogen-bond donors (Lipinski definition) is 0. The summed E-state index contributed by atoms with van der Waals surface area (Å²) in [5.74, 6) is 0.844. The van der Waals surface area contributed by atoms with Crippen molar-refractivity contribution < 1.29 is 4.74 Å². The van der Waals surface area contributed by atoms with E-state index in [1.807, 2.05) is 36.4 Å². The summed E-state index contributed by atoms with van der Waals surface area (Å²) in [6.07, 6.45) is 3.75. The molecule has 1 atom stereocenters. The summed E-state index contributed by atoms with van der Waals surface area (Å²) in [5, 5.41) is -0.0455. The van der Waals surface area contributed by atoms with Crippen LogP contribution in [0.5, 0.6) is 5.75 Å². The molecule has 0 bridgehead atoms. The molecule has 0 fully saturated rings. The van der Waals surface area contributed by atoms with Gasteiger partial charge in [-0.25, -0.2) is 0 Å². The van der Waals surface area contributed by atoms with Crippen LogP contribution in [0.3, 0.4) is 0 Å². The van der Waals surface area contributed by atoms with Crippen molar-refractivity contribution in [2.45, 2.75) is 5.38 Å². The Morgan fingerprint density at radius 2 is 1.78 bits per heavy atom. The predicted octanol–water partition coefficient (Wildman–Crippen LogP) is 3.65. The summed E-state index contributed by atoms with van der Waals surface area (Å²) in [5.41, 5.74) is 1.09. The largest absolute Gasteiger partial charge is 0.497 e. The molecule has 3 heteroatoms. The molecule has 0 N–H and O–H groups in total. The molecule has 98 valence electrons. The molecule has 2 nitrogen and oxygen atoms in total. The van der Waals surface area contributed by atoms with Gasteiger partial charge in [-0.3, -0.25) is 4.90 Å². The van der Waals surface area contributed by atoms with Crippen LogP contribution in [0, 0.1) is 0 Å². The van der Waals surface area contributed by atoms with E-state index in [9.17, 15) is 0 Å². The van der Waals surface area contributed by atoms with E-state index in [1.165, 1.54) is 0 Å². The fourth-order valence-corrected chi connectivity index (χ4v) is 2.07. The molecule has 1 rings (SSSR count). The second kappa shape index (κ2) is 7.96. The standard InChI is InChI=1S/C15H20ClNO/c1-4-10-17(11-5-2)12-15(16)13-6-8-14(18-3)9-7-13/h4-9,15H,1-2,10-12H2,3H3. The molecule has 0 spiro atoms. The summed E-state index contributed by atoms with van der Waals surface area (Å²) in [6, 6.07) is 7.85. The maximum Gasteiger partial charge on any atom is 0.118 e. The molecule has 0 aliphatic heterocycles. The first kappa shape index (κ1) is 14.8. The van der Waals surface area contributed by atoms with Gasteiger partial charge in [0.25, 0.3) is 0 Å². The second-order valence-corrected chi connectivity index (χ2v) is 4.56. The third kappa shape index (κ3) is 4.55. The van der Waals surface area contributed by atoms with E-state index in [-0.39, 0.29) is 5.38 Å². The van der Waals surface area contributed by atoms with Gasteiger partial charge < -0.3 is 4.74 Å². The van der Waals surface area contributed by atoms with E-state index in [2.05, 4.69) is 18.1 Å². The molecule has 0 heterocycles. The molecule has 0 amide bonds. The molecule has 0 aliphatic rings. The summed E-state index contributed by atoms with van der Waals surface area (Å²) in [7, 11) is 1.66. The van der Waals surface area contributed by atoms with Gasteiger partial charge in [0.1, 0.15) is 5.75 Å². The van der Waals surface area contributed by atoms with Crippen molar-refractivity contribution >= 4 is 11.6 Å². The SMILES string of the molecule is C=CCN(CC=C)CC(Cl)c1ccc(OC)cc1. The zero-order chi connectivity index (χ0) is 13.4. The van der Waals surface area contributed by atoms with Crippen LogP contribution < -0.4 is 4.74 Å². The minimum Gasteiger partial charge on any atom is -0.497 e. The smallest absolute Gasteiger partial charge is 0.118 e. The van der Waals surface area contributed by atoms with Crippen molar-refractivity contribution in [2.75, 3.05) is 26.7 Å². The minimum atomic E-state index is -0.0455. The van der Waals surface area contributed by atoms with Crippen LogP contribution in [0.2, 0.25) is 0 Å². The first-order chi connectivity index (χ1) is 8.71. The van der Waals surface area contributed by atoms with Crippen LogP contribution in [-0.4, -0.2) is 31.6 Å². The molecular formula is C15H20ClNO. The molecule has 1 aromatic rings. The fraction of sp³-hybridized carbons (Fsp3) is 0.333.